The van der Waals surface area contributed by atoms with Crippen molar-refractivity contribution in [2.45, 2.75) is 13.3 Å². The molecule has 1 aromatic heterocycles. The fourth-order valence-electron chi connectivity index (χ4n) is 1.40. The summed E-state index contributed by atoms with van der Waals surface area (Å²) in [5.41, 5.74) is 1.48. The van der Waals surface area contributed by atoms with Gasteiger partial charge in [-0.05, 0) is 12.5 Å². The number of rotatable bonds is 7. The molecule has 96 valence electrons. The number of amides is 1. The maximum atomic E-state index is 11.8. The summed E-state index contributed by atoms with van der Waals surface area (Å²) in [7, 11) is 1.76. The Balaban J connectivity index is 2.38. The predicted molar refractivity (Wildman–Crippen MR) is 66.5 cm³/mol. The van der Waals surface area contributed by atoms with Gasteiger partial charge in [0.2, 0.25) is 0 Å². The van der Waals surface area contributed by atoms with Crippen molar-refractivity contribution in [2.24, 2.45) is 7.05 Å². The second kappa shape index (κ2) is 7.29. The van der Waals surface area contributed by atoms with Crippen molar-refractivity contribution in [1.29, 1.82) is 0 Å². The Morgan fingerprint density at radius 2 is 2.35 bits per heavy atom. The van der Waals surface area contributed by atoms with Gasteiger partial charge in [0.1, 0.15) is 5.69 Å². The van der Waals surface area contributed by atoms with Crippen LogP contribution in [0, 0.1) is 0 Å². The Morgan fingerprint density at radius 3 is 2.94 bits per heavy atom. The largest absolute Gasteiger partial charge is 0.378 e. The normalized spacial score (nSPS) is 10.5. The van der Waals surface area contributed by atoms with Crippen LogP contribution in [0.3, 0.4) is 0 Å². The highest BCUT2D eigenvalue weighted by atomic mass is 35.5. The summed E-state index contributed by atoms with van der Waals surface area (Å²) in [6, 6.07) is 1.80. The molecule has 0 aliphatic carbocycles. The molecule has 1 amide bonds. The Kier molecular flexibility index (Phi) is 6.00. The van der Waals surface area contributed by atoms with Crippen LogP contribution in [0.25, 0.3) is 0 Å². The number of aryl methyl sites for hydroxylation is 2. The van der Waals surface area contributed by atoms with E-state index in [2.05, 4.69) is 10.4 Å². The molecule has 0 aliphatic heterocycles. The van der Waals surface area contributed by atoms with Gasteiger partial charge in [-0.25, -0.2) is 0 Å². The van der Waals surface area contributed by atoms with E-state index in [1.54, 1.807) is 17.8 Å². The van der Waals surface area contributed by atoms with Gasteiger partial charge in [0.25, 0.3) is 5.91 Å². The zero-order valence-electron chi connectivity index (χ0n) is 10.2. The highest BCUT2D eigenvalue weighted by Crippen LogP contribution is 2.03. The first kappa shape index (κ1) is 14.0. The topological polar surface area (TPSA) is 56.1 Å². The fraction of sp³-hybridized carbons (Fsp3) is 0.636. The smallest absolute Gasteiger partial charge is 0.269 e. The minimum Gasteiger partial charge on any atom is -0.378 e. The molecule has 0 radical (unpaired) electrons. The Hall–Kier alpha value is -1.07. The molecule has 0 aliphatic rings. The number of ether oxygens (including phenoxy) is 1. The van der Waals surface area contributed by atoms with Crippen LogP contribution in [0.5, 0.6) is 0 Å². The summed E-state index contributed by atoms with van der Waals surface area (Å²) in [4.78, 5) is 11.8. The average Bonchev–Trinajstić information content (AvgIpc) is 2.70. The van der Waals surface area contributed by atoms with Gasteiger partial charge in [0, 0.05) is 19.5 Å². The van der Waals surface area contributed by atoms with Gasteiger partial charge in [-0.1, -0.05) is 6.92 Å². The molecule has 5 nitrogen and oxygen atoms in total. The maximum Gasteiger partial charge on any atom is 0.269 e. The molecule has 1 heterocycles. The van der Waals surface area contributed by atoms with Gasteiger partial charge >= 0.3 is 0 Å². The third-order valence-electron chi connectivity index (χ3n) is 2.28. The maximum absolute atomic E-state index is 11.8. The van der Waals surface area contributed by atoms with Crippen molar-refractivity contribution in [2.75, 3.05) is 25.6 Å². The molecule has 0 saturated carbocycles. The number of aromatic nitrogens is 2. The number of hydrogen-bond donors (Lipinski definition) is 1. The molecular weight excluding hydrogens is 242 g/mol. The Labute approximate surface area is 106 Å². The van der Waals surface area contributed by atoms with Crippen LogP contribution in [0.1, 0.15) is 23.1 Å². The predicted octanol–water partition coefficient (Wildman–Crippen LogP) is 0.968. The second-order valence-corrected chi connectivity index (χ2v) is 3.93. The van der Waals surface area contributed by atoms with Crippen LogP contribution in [-0.2, 0) is 18.2 Å². The fourth-order valence-corrected chi connectivity index (χ4v) is 1.50. The van der Waals surface area contributed by atoms with Crippen molar-refractivity contribution in [1.82, 2.24) is 15.1 Å². The number of carbonyl (C=O) groups excluding carboxylic acids is 1. The summed E-state index contributed by atoms with van der Waals surface area (Å²) < 4.78 is 6.75. The van der Waals surface area contributed by atoms with Crippen molar-refractivity contribution < 1.29 is 9.53 Å². The standard InChI is InChI=1S/C11H18ClN3O2/c1-3-9-8-10(15(2)14-9)11(16)13-5-7-17-6-4-12/h8H,3-7H2,1-2H3,(H,13,16). The molecule has 0 aromatic carbocycles. The number of hydrogen-bond acceptors (Lipinski definition) is 3. The number of nitrogens with one attached hydrogen (secondary N) is 1. The van der Waals surface area contributed by atoms with E-state index in [0.717, 1.165) is 12.1 Å². The summed E-state index contributed by atoms with van der Waals surface area (Å²) >= 11 is 5.45. The van der Waals surface area contributed by atoms with Crippen LogP contribution >= 0.6 is 11.6 Å². The Morgan fingerprint density at radius 1 is 1.59 bits per heavy atom. The first-order chi connectivity index (χ1) is 8.19. The van der Waals surface area contributed by atoms with E-state index in [1.165, 1.54) is 0 Å². The van der Waals surface area contributed by atoms with Gasteiger partial charge in [-0.15, -0.1) is 11.6 Å². The molecule has 1 rings (SSSR count). The van der Waals surface area contributed by atoms with E-state index in [0.29, 0.717) is 31.3 Å². The molecule has 0 atom stereocenters. The van der Waals surface area contributed by atoms with Gasteiger partial charge in [0.15, 0.2) is 0 Å². The number of alkyl halides is 1. The quantitative estimate of drug-likeness (QED) is 0.586. The van der Waals surface area contributed by atoms with Gasteiger partial charge in [0.05, 0.1) is 18.9 Å². The molecular formula is C11H18ClN3O2. The van der Waals surface area contributed by atoms with Crippen LogP contribution in [0.2, 0.25) is 0 Å². The van der Waals surface area contributed by atoms with Crippen molar-refractivity contribution in [3.8, 4) is 0 Å². The lowest BCUT2D eigenvalue weighted by Gasteiger charge is -2.05. The number of halogens is 1. The summed E-state index contributed by atoms with van der Waals surface area (Å²) in [6.07, 6.45) is 0.819. The molecule has 17 heavy (non-hydrogen) atoms. The first-order valence-electron chi connectivity index (χ1n) is 5.63. The number of nitrogens with zero attached hydrogens (tertiary/aromatic N) is 2. The molecule has 1 aromatic rings. The van der Waals surface area contributed by atoms with Gasteiger partial charge < -0.3 is 10.1 Å². The van der Waals surface area contributed by atoms with Crippen molar-refractivity contribution in [3.05, 3.63) is 17.5 Å². The summed E-state index contributed by atoms with van der Waals surface area (Å²) in [5, 5.41) is 6.98. The highest BCUT2D eigenvalue weighted by Gasteiger charge is 2.11. The third kappa shape index (κ3) is 4.36. The summed E-state index contributed by atoms with van der Waals surface area (Å²) in [5.74, 6) is 0.337. The van der Waals surface area contributed by atoms with E-state index in [-0.39, 0.29) is 5.91 Å². The summed E-state index contributed by atoms with van der Waals surface area (Å²) in [6.45, 7) is 3.45. The second-order valence-electron chi connectivity index (χ2n) is 3.56. The molecule has 0 bridgehead atoms. The van der Waals surface area contributed by atoms with Crippen LogP contribution in [-0.4, -0.2) is 41.3 Å². The van der Waals surface area contributed by atoms with Crippen LogP contribution in [0.4, 0.5) is 0 Å². The van der Waals surface area contributed by atoms with E-state index < -0.39 is 0 Å². The zero-order valence-corrected chi connectivity index (χ0v) is 11.0. The van der Waals surface area contributed by atoms with Crippen LogP contribution < -0.4 is 5.32 Å². The molecule has 0 unspecified atom stereocenters. The van der Waals surface area contributed by atoms with Crippen molar-refractivity contribution >= 4 is 17.5 Å². The zero-order chi connectivity index (χ0) is 12.7. The lowest BCUT2D eigenvalue weighted by atomic mass is 10.3. The van der Waals surface area contributed by atoms with Gasteiger partial charge in [-0.2, -0.15) is 5.10 Å². The van der Waals surface area contributed by atoms with E-state index in [9.17, 15) is 4.79 Å². The lowest BCUT2D eigenvalue weighted by Crippen LogP contribution is -2.29. The van der Waals surface area contributed by atoms with Gasteiger partial charge in [-0.3, -0.25) is 9.48 Å². The third-order valence-corrected chi connectivity index (χ3v) is 2.43. The lowest BCUT2D eigenvalue weighted by molar-refractivity contribution is 0.0914. The number of carbonyl (C=O) groups is 1. The monoisotopic (exact) mass is 259 g/mol. The molecule has 0 fully saturated rings. The average molecular weight is 260 g/mol. The van der Waals surface area contributed by atoms with E-state index >= 15 is 0 Å². The highest BCUT2D eigenvalue weighted by molar-refractivity contribution is 6.17. The Bertz CT molecular complexity index is 366. The van der Waals surface area contributed by atoms with E-state index in [1.807, 2.05) is 6.92 Å². The molecule has 0 spiro atoms. The van der Waals surface area contributed by atoms with E-state index in [4.69, 9.17) is 16.3 Å². The minimum atomic E-state index is -0.130. The van der Waals surface area contributed by atoms with Crippen LogP contribution in [0.15, 0.2) is 6.07 Å². The molecule has 6 heteroatoms. The van der Waals surface area contributed by atoms with Crippen molar-refractivity contribution in [3.63, 3.8) is 0 Å². The SMILES string of the molecule is CCc1cc(C(=O)NCCOCCCl)n(C)n1. The molecule has 0 saturated heterocycles. The first-order valence-corrected chi connectivity index (χ1v) is 6.17. The minimum absolute atomic E-state index is 0.130. The molecule has 1 N–H and O–H groups in total.